The average Bonchev–Trinajstić information content (AvgIpc) is 2.81. The van der Waals surface area contributed by atoms with Gasteiger partial charge in [-0.25, -0.2) is 0 Å². The molecule has 0 N–H and O–H groups in total. The highest BCUT2D eigenvalue weighted by Crippen LogP contribution is 2.28. The second-order valence-corrected chi connectivity index (χ2v) is 5.22. The minimum atomic E-state index is -0.410. The van der Waals surface area contributed by atoms with Crippen LogP contribution in [0.25, 0.3) is 11.4 Å². The molecule has 0 spiro atoms. The average molecular weight is 277 g/mol. The van der Waals surface area contributed by atoms with Gasteiger partial charge in [0.05, 0.1) is 17.5 Å². The molecule has 2 aromatic rings. The van der Waals surface area contributed by atoms with E-state index in [1.807, 2.05) is 11.6 Å². The lowest BCUT2D eigenvalue weighted by Crippen LogP contribution is -2.26. The molecule has 0 saturated carbocycles. The van der Waals surface area contributed by atoms with Crippen molar-refractivity contribution in [2.24, 2.45) is 0 Å². The van der Waals surface area contributed by atoms with Crippen molar-refractivity contribution in [2.45, 2.75) is 11.8 Å². The van der Waals surface area contributed by atoms with E-state index >= 15 is 0 Å². The van der Waals surface area contributed by atoms with Gasteiger partial charge in [-0.1, -0.05) is 11.8 Å². The SMILES string of the molecule is CN1CSc2nnc(-c3ccc([N+](=O)[O-])cc3)n2C1. The Morgan fingerprint density at radius 1 is 1.32 bits per heavy atom. The number of benzene rings is 1. The first kappa shape index (κ1) is 12.1. The van der Waals surface area contributed by atoms with Crippen molar-refractivity contribution in [3.05, 3.63) is 34.4 Å². The summed E-state index contributed by atoms with van der Waals surface area (Å²) in [6, 6.07) is 6.37. The lowest BCUT2D eigenvalue weighted by molar-refractivity contribution is -0.384. The van der Waals surface area contributed by atoms with E-state index in [9.17, 15) is 10.1 Å². The van der Waals surface area contributed by atoms with E-state index in [1.165, 1.54) is 12.1 Å². The highest BCUT2D eigenvalue weighted by molar-refractivity contribution is 7.99. The number of aromatic nitrogens is 3. The number of rotatable bonds is 2. The van der Waals surface area contributed by atoms with Crippen molar-refractivity contribution in [2.75, 3.05) is 12.9 Å². The number of nitro groups is 1. The molecule has 1 aromatic heterocycles. The van der Waals surface area contributed by atoms with Crippen LogP contribution < -0.4 is 0 Å². The van der Waals surface area contributed by atoms with Gasteiger partial charge in [-0.2, -0.15) is 0 Å². The summed E-state index contributed by atoms with van der Waals surface area (Å²) in [7, 11) is 2.02. The summed E-state index contributed by atoms with van der Waals surface area (Å²) in [5, 5.41) is 19.8. The summed E-state index contributed by atoms with van der Waals surface area (Å²) in [5.74, 6) is 1.63. The molecule has 0 amide bonds. The van der Waals surface area contributed by atoms with Crippen LogP contribution in [0.5, 0.6) is 0 Å². The molecule has 7 nitrogen and oxygen atoms in total. The molecule has 19 heavy (non-hydrogen) atoms. The van der Waals surface area contributed by atoms with Gasteiger partial charge in [-0.05, 0) is 19.2 Å². The van der Waals surface area contributed by atoms with E-state index in [4.69, 9.17) is 0 Å². The lowest BCUT2D eigenvalue weighted by atomic mass is 10.2. The van der Waals surface area contributed by atoms with E-state index in [1.54, 1.807) is 23.9 Å². The summed E-state index contributed by atoms with van der Waals surface area (Å²) in [6.07, 6.45) is 0. The Hall–Kier alpha value is -1.93. The number of hydrogen-bond acceptors (Lipinski definition) is 6. The fourth-order valence-corrected chi connectivity index (χ4v) is 2.74. The molecule has 0 unspecified atom stereocenters. The summed E-state index contributed by atoms with van der Waals surface area (Å²) >= 11 is 1.63. The van der Waals surface area contributed by atoms with Gasteiger partial charge in [0.2, 0.25) is 0 Å². The van der Waals surface area contributed by atoms with E-state index < -0.39 is 4.92 Å². The molecule has 0 saturated heterocycles. The van der Waals surface area contributed by atoms with Crippen molar-refractivity contribution in [1.29, 1.82) is 0 Å². The molecule has 0 fully saturated rings. The maximum atomic E-state index is 10.6. The maximum Gasteiger partial charge on any atom is 0.269 e. The van der Waals surface area contributed by atoms with Gasteiger partial charge >= 0.3 is 0 Å². The Morgan fingerprint density at radius 3 is 2.74 bits per heavy atom. The standard InChI is InChI=1S/C11H11N5O2S/c1-14-6-15-10(12-13-11(15)19-7-14)8-2-4-9(5-3-8)16(17)18/h2-5H,6-7H2,1H3. The van der Waals surface area contributed by atoms with Crippen LogP contribution in [0.15, 0.2) is 29.4 Å². The van der Waals surface area contributed by atoms with Crippen LogP contribution in [0.2, 0.25) is 0 Å². The minimum Gasteiger partial charge on any atom is -0.288 e. The zero-order valence-corrected chi connectivity index (χ0v) is 11.0. The molecule has 0 radical (unpaired) electrons. The molecule has 0 atom stereocenters. The van der Waals surface area contributed by atoms with Crippen LogP contribution in [0.1, 0.15) is 0 Å². The Morgan fingerprint density at radius 2 is 2.05 bits per heavy atom. The van der Waals surface area contributed by atoms with Crippen LogP contribution in [0, 0.1) is 10.1 Å². The third-order valence-corrected chi connectivity index (χ3v) is 3.98. The Kier molecular flexibility index (Phi) is 2.96. The molecule has 98 valence electrons. The topological polar surface area (TPSA) is 77.1 Å². The molecule has 0 bridgehead atoms. The maximum absolute atomic E-state index is 10.6. The Labute approximate surface area is 113 Å². The fourth-order valence-electron chi connectivity index (χ4n) is 1.92. The largest absolute Gasteiger partial charge is 0.288 e. The molecular formula is C11H11N5O2S. The molecule has 2 heterocycles. The first-order valence-electron chi connectivity index (χ1n) is 5.64. The van der Waals surface area contributed by atoms with E-state index in [0.29, 0.717) is 0 Å². The van der Waals surface area contributed by atoms with Gasteiger partial charge in [-0.15, -0.1) is 10.2 Å². The molecule has 1 aliphatic rings. The zero-order valence-electron chi connectivity index (χ0n) is 10.2. The van der Waals surface area contributed by atoms with Crippen molar-refractivity contribution >= 4 is 17.4 Å². The normalized spacial score (nSPS) is 15.2. The molecule has 1 aliphatic heterocycles. The zero-order chi connectivity index (χ0) is 13.4. The van der Waals surface area contributed by atoms with Crippen LogP contribution in [0.3, 0.4) is 0 Å². The molecule has 3 rings (SSSR count). The van der Waals surface area contributed by atoms with Crippen molar-refractivity contribution < 1.29 is 4.92 Å². The van der Waals surface area contributed by atoms with Crippen LogP contribution >= 0.6 is 11.8 Å². The van der Waals surface area contributed by atoms with E-state index in [-0.39, 0.29) is 5.69 Å². The number of nitrogens with zero attached hydrogens (tertiary/aromatic N) is 5. The van der Waals surface area contributed by atoms with Crippen molar-refractivity contribution in [1.82, 2.24) is 19.7 Å². The smallest absolute Gasteiger partial charge is 0.269 e. The third-order valence-electron chi connectivity index (χ3n) is 2.85. The monoisotopic (exact) mass is 277 g/mol. The lowest BCUT2D eigenvalue weighted by Gasteiger charge is -2.23. The Bertz CT molecular complexity index is 625. The van der Waals surface area contributed by atoms with Gasteiger partial charge in [0.15, 0.2) is 11.0 Å². The quantitative estimate of drug-likeness (QED) is 0.615. The third kappa shape index (κ3) is 2.20. The second-order valence-electron chi connectivity index (χ2n) is 4.31. The van der Waals surface area contributed by atoms with Crippen LogP contribution in [0.4, 0.5) is 5.69 Å². The summed E-state index contributed by atoms with van der Waals surface area (Å²) < 4.78 is 2.01. The summed E-state index contributed by atoms with van der Waals surface area (Å²) in [5.41, 5.74) is 0.911. The van der Waals surface area contributed by atoms with E-state index in [2.05, 4.69) is 15.1 Å². The van der Waals surface area contributed by atoms with Crippen molar-refractivity contribution in [3.63, 3.8) is 0 Å². The highest BCUT2D eigenvalue weighted by Gasteiger charge is 2.20. The number of non-ortho nitro benzene ring substituents is 1. The van der Waals surface area contributed by atoms with Crippen LogP contribution in [-0.2, 0) is 6.67 Å². The van der Waals surface area contributed by atoms with Crippen LogP contribution in [-0.4, -0.2) is 37.5 Å². The fraction of sp³-hybridized carbons (Fsp3) is 0.273. The predicted octanol–water partition coefficient (Wildman–Crippen LogP) is 1.81. The van der Waals surface area contributed by atoms with Gasteiger partial charge in [0.25, 0.3) is 5.69 Å². The van der Waals surface area contributed by atoms with Gasteiger partial charge in [0, 0.05) is 17.7 Å². The predicted molar refractivity (Wildman–Crippen MR) is 70.6 cm³/mol. The first-order chi connectivity index (χ1) is 9.15. The van der Waals surface area contributed by atoms with Gasteiger partial charge < -0.3 is 0 Å². The molecule has 1 aromatic carbocycles. The Balaban J connectivity index is 1.98. The minimum absolute atomic E-state index is 0.0774. The molecular weight excluding hydrogens is 266 g/mol. The number of thioether (sulfide) groups is 1. The second kappa shape index (κ2) is 4.63. The molecule has 0 aliphatic carbocycles. The number of nitro benzene ring substituents is 1. The number of fused-ring (bicyclic) bond motifs is 1. The first-order valence-corrected chi connectivity index (χ1v) is 6.63. The number of hydrogen-bond donors (Lipinski definition) is 0. The summed E-state index contributed by atoms with van der Waals surface area (Å²) in [4.78, 5) is 12.4. The van der Waals surface area contributed by atoms with Gasteiger partial charge in [0.1, 0.15) is 0 Å². The van der Waals surface area contributed by atoms with E-state index in [0.717, 1.165) is 29.1 Å². The molecule has 8 heteroatoms. The van der Waals surface area contributed by atoms with Gasteiger partial charge in [-0.3, -0.25) is 19.6 Å². The summed E-state index contributed by atoms with van der Waals surface area (Å²) in [6.45, 7) is 0.724. The highest BCUT2D eigenvalue weighted by atomic mass is 32.2. The van der Waals surface area contributed by atoms with Crippen molar-refractivity contribution in [3.8, 4) is 11.4 Å².